The lowest BCUT2D eigenvalue weighted by Gasteiger charge is -2.07. The molecule has 2 heterocycles. The second-order valence-corrected chi connectivity index (χ2v) is 6.64. The molecule has 2 amide bonds. The Kier molecular flexibility index (Phi) is 5.22. The molecule has 0 aliphatic carbocycles. The van der Waals surface area contributed by atoms with Gasteiger partial charge in [0.1, 0.15) is 0 Å². The predicted octanol–water partition coefficient (Wildman–Crippen LogP) is 2.68. The molecule has 3 rings (SSSR count). The highest BCUT2D eigenvalue weighted by molar-refractivity contribution is 7.11. The van der Waals surface area contributed by atoms with Crippen LogP contribution in [0.3, 0.4) is 0 Å². The molecule has 0 bridgehead atoms. The summed E-state index contributed by atoms with van der Waals surface area (Å²) in [6.07, 6.45) is 6.24. The molecule has 7 heteroatoms. The molecule has 0 atom stereocenters. The number of aromatic nitrogens is 3. The number of carbonyl (C=O) groups is 1. The van der Waals surface area contributed by atoms with Gasteiger partial charge in [-0.2, -0.15) is 5.10 Å². The molecule has 124 valence electrons. The molecular formula is C17H19N5OS. The van der Waals surface area contributed by atoms with Crippen molar-refractivity contribution in [3.05, 3.63) is 64.4 Å². The van der Waals surface area contributed by atoms with Gasteiger partial charge in [0.05, 0.1) is 17.2 Å². The molecular weight excluding hydrogens is 322 g/mol. The molecule has 0 fully saturated rings. The number of nitrogens with zero attached hydrogens (tertiary/aromatic N) is 3. The number of benzene rings is 1. The van der Waals surface area contributed by atoms with Crippen molar-refractivity contribution in [2.45, 2.75) is 19.9 Å². The predicted molar refractivity (Wildman–Crippen MR) is 94.4 cm³/mol. The minimum Gasteiger partial charge on any atom is -0.338 e. The number of carbonyl (C=O) groups excluding carboxylic acids is 1. The van der Waals surface area contributed by atoms with Gasteiger partial charge in [0, 0.05) is 30.0 Å². The molecule has 3 aromatic rings. The first kappa shape index (κ1) is 16.2. The topological polar surface area (TPSA) is 71.8 Å². The summed E-state index contributed by atoms with van der Waals surface area (Å²) in [5.74, 6) is 0. The second-order valence-electron chi connectivity index (χ2n) is 5.32. The van der Waals surface area contributed by atoms with Crippen molar-refractivity contribution in [1.29, 1.82) is 0 Å². The second kappa shape index (κ2) is 7.74. The van der Waals surface area contributed by atoms with Gasteiger partial charge in [-0.3, -0.25) is 0 Å². The third-order valence-electron chi connectivity index (χ3n) is 3.50. The highest BCUT2D eigenvalue weighted by Crippen LogP contribution is 2.11. The van der Waals surface area contributed by atoms with E-state index in [-0.39, 0.29) is 6.03 Å². The average Bonchev–Trinajstić information content (AvgIpc) is 3.25. The number of nitrogens with one attached hydrogen (secondary N) is 2. The first-order valence-corrected chi connectivity index (χ1v) is 8.54. The van der Waals surface area contributed by atoms with Crippen LogP contribution in [0.15, 0.2) is 48.9 Å². The smallest absolute Gasteiger partial charge is 0.315 e. The first-order valence-electron chi connectivity index (χ1n) is 7.73. The Balaban J connectivity index is 1.40. The van der Waals surface area contributed by atoms with Gasteiger partial charge in [0.25, 0.3) is 0 Å². The van der Waals surface area contributed by atoms with Gasteiger partial charge in [-0.05, 0) is 37.1 Å². The highest BCUT2D eigenvalue weighted by atomic mass is 32.1. The lowest BCUT2D eigenvalue weighted by Crippen LogP contribution is -2.36. The molecule has 0 aliphatic heterocycles. The Morgan fingerprint density at radius 3 is 2.75 bits per heavy atom. The van der Waals surface area contributed by atoms with Crippen LogP contribution < -0.4 is 10.6 Å². The summed E-state index contributed by atoms with van der Waals surface area (Å²) in [6, 6.07) is 9.88. The zero-order chi connectivity index (χ0) is 16.8. The van der Waals surface area contributed by atoms with Crippen molar-refractivity contribution < 1.29 is 4.79 Å². The maximum Gasteiger partial charge on any atom is 0.315 e. The van der Waals surface area contributed by atoms with E-state index in [0.29, 0.717) is 13.1 Å². The summed E-state index contributed by atoms with van der Waals surface area (Å²) < 4.78 is 1.82. The number of thiazole rings is 1. The minimum atomic E-state index is -0.158. The first-order chi connectivity index (χ1) is 11.7. The molecule has 0 radical (unpaired) electrons. The number of amides is 2. The Labute approximate surface area is 144 Å². The van der Waals surface area contributed by atoms with E-state index < -0.39 is 0 Å². The van der Waals surface area contributed by atoms with Crippen LogP contribution in [-0.4, -0.2) is 27.3 Å². The Bertz CT molecular complexity index is 780. The molecule has 24 heavy (non-hydrogen) atoms. The van der Waals surface area contributed by atoms with Crippen molar-refractivity contribution in [2.24, 2.45) is 0 Å². The van der Waals surface area contributed by atoms with Crippen LogP contribution >= 0.6 is 11.3 Å². The molecule has 0 saturated carbocycles. The van der Waals surface area contributed by atoms with E-state index in [4.69, 9.17) is 0 Å². The quantitative estimate of drug-likeness (QED) is 0.724. The summed E-state index contributed by atoms with van der Waals surface area (Å²) in [5, 5.41) is 10.9. The Morgan fingerprint density at radius 2 is 2.08 bits per heavy atom. The summed E-state index contributed by atoms with van der Waals surface area (Å²) >= 11 is 1.59. The van der Waals surface area contributed by atoms with Crippen LogP contribution in [0, 0.1) is 6.92 Å². The normalized spacial score (nSPS) is 10.5. The fraction of sp³-hybridized carbons (Fsp3) is 0.235. The van der Waals surface area contributed by atoms with Gasteiger partial charge < -0.3 is 10.6 Å². The van der Waals surface area contributed by atoms with Crippen LogP contribution in [0.25, 0.3) is 5.69 Å². The fourth-order valence-corrected chi connectivity index (χ4v) is 3.01. The van der Waals surface area contributed by atoms with Crippen LogP contribution in [-0.2, 0) is 13.0 Å². The number of hydrogen-bond acceptors (Lipinski definition) is 4. The molecule has 2 N–H and O–H groups in total. The zero-order valence-corrected chi connectivity index (χ0v) is 14.2. The molecule has 0 unspecified atom stereocenters. The van der Waals surface area contributed by atoms with Gasteiger partial charge in [-0.15, -0.1) is 11.3 Å². The van der Waals surface area contributed by atoms with E-state index in [1.807, 2.05) is 36.0 Å². The number of rotatable bonds is 6. The third kappa shape index (κ3) is 4.42. The molecule has 0 aliphatic rings. The lowest BCUT2D eigenvalue weighted by molar-refractivity contribution is 0.240. The monoisotopic (exact) mass is 341 g/mol. The lowest BCUT2D eigenvalue weighted by atomic mass is 10.1. The van der Waals surface area contributed by atoms with E-state index in [1.165, 1.54) is 5.56 Å². The summed E-state index contributed by atoms with van der Waals surface area (Å²) in [4.78, 5) is 17.0. The van der Waals surface area contributed by atoms with E-state index in [1.54, 1.807) is 23.7 Å². The van der Waals surface area contributed by atoms with E-state index >= 15 is 0 Å². The minimum absolute atomic E-state index is 0.158. The average molecular weight is 341 g/mol. The molecule has 2 aromatic heterocycles. The zero-order valence-electron chi connectivity index (χ0n) is 13.4. The van der Waals surface area contributed by atoms with Crippen molar-refractivity contribution in [3.8, 4) is 5.69 Å². The molecule has 1 aromatic carbocycles. The molecule has 0 spiro atoms. The van der Waals surface area contributed by atoms with Gasteiger partial charge >= 0.3 is 6.03 Å². The molecule has 0 saturated heterocycles. The van der Waals surface area contributed by atoms with Crippen molar-refractivity contribution >= 4 is 17.4 Å². The van der Waals surface area contributed by atoms with Crippen LogP contribution in [0.1, 0.15) is 15.4 Å². The largest absolute Gasteiger partial charge is 0.338 e. The number of urea groups is 1. The van der Waals surface area contributed by atoms with Crippen LogP contribution in [0.5, 0.6) is 0 Å². The van der Waals surface area contributed by atoms with Crippen molar-refractivity contribution in [1.82, 2.24) is 25.4 Å². The number of hydrogen-bond donors (Lipinski definition) is 2. The van der Waals surface area contributed by atoms with Gasteiger partial charge in [-0.1, -0.05) is 12.1 Å². The maximum atomic E-state index is 11.8. The van der Waals surface area contributed by atoms with Crippen molar-refractivity contribution in [3.63, 3.8) is 0 Å². The van der Waals surface area contributed by atoms with E-state index in [2.05, 4.69) is 32.8 Å². The Morgan fingerprint density at radius 1 is 1.25 bits per heavy atom. The fourth-order valence-electron chi connectivity index (χ4n) is 2.27. The maximum absolute atomic E-state index is 11.8. The molecule has 6 nitrogen and oxygen atoms in total. The highest BCUT2D eigenvalue weighted by Gasteiger charge is 2.03. The third-order valence-corrected chi connectivity index (χ3v) is 4.41. The summed E-state index contributed by atoms with van der Waals surface area (Å²) in [5.41, 5.74) is 2.19. The summed E-state index contributed by atoms with van der Waals surface area (Å²) in [6.45, 7) is 3.05. The van der Waals surface area contributed by atoms with Gasteiger partial charge in [-0.25, -0.2) is 14.5 Å². The van der Waals surface area contributed by atoms with E-state index in [9.17, 15) is 4.79 Å². The number of aryl methyl sites for hydroxylation is 1. The van der Waals surface area contributed by atoms with Crippen LogP contribution in [0.2, 0.25) is 0 Å². The van der Waals surface area contributed by atoms with Gasteiger partial charge in [0.15, 0.2) is 0 Å². The summed E-state index contributed by atoms with van der Waals surface area (Å²) in [7, 11) is 0. The van der Waals surface area contributed by atoms with Crippen LogP contribution in [0.4, 0.5) is 4.79 Å². The van der Waals surface area contributed by atoms with Crippen molar-refractivity contribution in [2.75, 3.05) is 6.54 Å². The van der Waals surface area contributed by atoms with E-state index in [0.717, 1.165) is 22.0 Å². The Hall–Kier alpha value is -2.67. The van der Waals surface area contributed by atoms with Gasteiger partial charge in [0.2, 0.25) is 0 Å². The SMILES string of the molecule is Cc1ncc(CNC(=O)NCCc2ccc(-n3cccn3)cc2)s1. The standard InChI is InChI=1S/C17H19N5OS/c1-13-19-11-16(24-13)12-20-17(23)18-9-7-14-3-5-15(6-4-14)22-10-2-8-21-22/h2-6,8,10-11H,7,9,12H2,1H3,(H2,18,20,23).